The molecule has 1 heterocycles. The molecule has 0 saturated carbocycles. The van der Waals surface area contributed by atoms with Crippen LogP contribution in [0.5, 0.6) is 0 Å². The van der Waals surface area contributed by atoms with Gasteiger partial charge in [0.2, 0.25) is 0 Å². The average molecular weight is 319 g/mol. The Morgan fingerprint density at radius 1 is 1.35 bits per heavy atom. The molecule has 0 spiro atoms. The molecule has 0 N–H and O–H groups in total. The molecule has 5 heteroatoms. The van der Waals surface area contributed by atoms with Crippen molar-refractivity contribution in [3.8, 4) is 0 Å². The van der Waals surface area contributed by atoms with Crippen molar-refractivity contribution < 1.29 is 19.1 Å². The molecule has 2 atom stereocenters. The standard InChI is InChI=1S/C18H25NO4/c1-13-6-8-15(9-7-13)17(20)19(11-14(2)18(21)22-3)12-16-5-4-10-23-16/h6-9,14,16H,4-5,10-12H2,1-3H3. The van der Waals surface area contributed by atoms with Crippen molar-refractivity contribution >= 4 is 11.9 Å². The molecule has 23 heavy (non-hydrogen) atoms. The molecule has 1 aliphatic rings. The van der Waals surface area contributed by atoms with Crippen molar-refractivity contribution in [1.82, 2.24) is 4.90 Å². The van der Waals surface area contributed by atoms with Crippen LogP contribution in [0.1, 0.15) is 35.7 Å². The molecule has 1 amide bonds. The van der Waals surface area contributed by atoms with E-state index in [9.17, 15) is 9.59 Å². The maximum absolute atomic E-state index is 12.8. The van der Waals surface area contributed by atoms with Crippen LogP contribution in [-0.4, -0.2) is 49.7 Å². The highest BCUT2D eigenvalue weighted by Gasteiger charge is 2.26. The molecule has 1 saturated heterocycles. The monoisotopic (exact) mass is 319 g/mol. The number of carbonyl (C=O) groups excluding carboxylic acids is 2. The highest BCUT2D eigenvalue weighted by molar-refractivity contribution is 5.94. The largest absolute Gasteiger partial charge is 0.469 e. The Morgan fingerprint density at radius 2 is 2.04 bits per heavy atom. The molecule has 2 unspecified atom stereocenters. The predicted octanol–water partition coefficient (Wildman–Crippen LogP) is 2.43. The summed E-state index contributed by atoms with van der Waals surface area (Å²) in [5, 5.41) is 0. The lowest BCUT2D eigenvalue weighted by Crippen LogP contribution is -2.41. The maximum Gasteiger partial charge on any atom is 0.310 e. The lowest BCUT2D eigenvalue weighted by Gasteiger charge is -2.27. The summed E-state index contributed by atoms with van der Waals surface area (Å²) in [6.07, 6.45) is 2.02. The molecule has 0 aromatic heterocycles. The number of methoxy groups -OCH3 is 1. The van der Waals surface area contributed by atoms with Crippen LogP contribution in [0, 0.1) is 12.8 Å². The zero-order valence-corrected chi connectivity index (χ0v) is 14.1. The minimum atomic E-state index is -0.365. The fourth-order valence-corrected chi connectivity index (χ4v) is 2.76. The Hall–Kier alpha value is -1.88. The summed E-state index contributed by atoms with van der Waals surface area (Å²) in [6, 6.07) is 7.48. The Morgan fingerprint density at radius 3 is 2.61 bits per heavy atom. The molecule has 0 radical (unpaired) electrons. The first-order valence-corrected chi connectivity index (χ1v) is 8.06. The lowest BCUT2D eigenvalue weighted by molar-refractivity contribution is -0.145. The van der Waals surface area contributed by atoms with E-state index in [2.05, 4.69) is 0 Å². The van der Waals surface area contributed by atoms with Gasteiger partial charge in [0.15, 0.2) is 0 Å². The van der Waals surface area contributed by atoms with Gasteiger partial charge in [0.25, 0.3) is 5.91 Å². The first-order valence-electron chi connectivity index (χ1n) is 8.06. The van der Waals surface area contributed by atoms with E-state index in [4.69, 9.17) is 9.47 Å². The summed E-state index contributed by atoms with van der Waals surface area (Å²) < 4.78 is 10.4. The van der Waals surface area contributed by atoms with Crippen LogP contribution in [0.15, 0.2) is 24.3 Å². The van der Waals surface area contributed by atoms with Crippen LogP contribution in [0.4, 0.5) is 0 Å². The van der Waals surface area contributed by atoms with Gasteiger partial charge in [-0.15, -0.1) is 0 Å². The van der Waals surface area contributed by atoms with E-state index < -0.39 is 0 Å². The SMILES string of the molecule is COC(=O)C(C)CN(CC1CCCO1)C(=O)c1ccc(C)cc1. The number of benzene rings is 1. The Kier molecular flexibility index (Phi) is 6.16. The number of rotatable bonds is 6. The number of esters is 1. The number of carbonyl (C=O) groups is 2. The Labute approximate surface area is 137 Å². The molecular weight excluding hydrogens is 294 g/mol. The van der Waals surface area contributed by atoms with Crippen molar-refractivity contribution in [2.75, 3.05) is 26.8 Å². The summed E-state index contributed by atoms with van der Waals surface area (Å²) >= 11 is 0. The first-order chi connectivity index (χ1) is 11.0. The van der Waals surface area contributed by atoms with Gasteiger partial charge < -0.3 is 14.4 Å². The van der Waals surface area contributed by atoms with Crippen molar-refractivity contribution in [1.29, 1.82) is 0 Å². The van der Waals surface area contributed by atoms with Gasteiger partial charge in [0.1, 0.15) is 0 Å². The first kappa shape index (κ1) is 17.5. The summed E-state index contributed by atoms with van der Waals surface area (Å²) in [4.78, 5) is 26.2. The van der Waals surface area contributed by atoms with Crippen molar-refractivity contribution in [2.24, 2.45) is 5.92 Å². The van der Waals surface area contributed by atoms with E-state index in [-0.39, 0.29) is 23.9 Å². The van der Waals surface area contributed by atoms with E-state index in [1.165, 1.54) is 7.11 Å². The second kappa shape index (κ2) is 8.11. The van der Waals surface area contributed by atoms with Crippen LogP contribution < -0.4 is 0 Å². The van der Waals surface area contributed by atoms with Crippen molar-refractivity contribution in [3.63, 3.8) is 0 Å². The second-order valence-electron chi connectivity index (χ2n) is 6.14. The number of hydrogen-bond donors (Lipinski definition) is 0. The zero-order chi connectivity index (χ0) is 16.8. The van der Waals surface area contributed by atoms with Gasteiger partial charge in [-0.25, -0.2) is 0 Å². The number of amides is 1. The minimum Gasteiger partial charge on any atom is -0.469 e. The summed E-state index contributed by atoms with van der Waals surface area (Å²) in [5.41, 5.74) is 1.74. The number of ether oxygens (including phenoxy) is 2. The van der Waals surface area contributed by atoms with Crippen LogP contribution in [-0.2, 0) is 14.3 Å². The van der Waals surface area contributed by atoms with Crippen molar-refractivity contribution in [2.45, 2.75) is 32.8 Å². The quantitative estimate of drug-likeness (QED) is 0.756. The summed E-state index contributed by atoms with van der Waals surface area (Å²) in [7, 11) is 1.37. The van der Waals surface area contributed by atoms with E-state index in [1.807, 2.05) is 31.2 Å². The van der Waals surface area contributed by atoms with Gasteiger partial charge in [-0.05, 0) is 31.9 Å². The predicted molar refractivity (Wildman–Crippen MR) is 87.2 cm³/mol. The third-order valence-electron chi connectivity index (χ3n) is 4.13. The number of aryl methyl sites for hydroxylation is 1. The van der Waals surface area contributed by atoms with Gasteiger partial charge in [-0.1, -0.05) is 24.6 Å². The van der Waals surface area contributed by atoms with Crippen LogP contribution >= 0.6 is 0 Å². The van der Waals surface area contributed by atoms with Gasteiger partial charge in [0, 0.05) is 25.3 Å². The van der Waals surface area contributed by atoms with Gasteiger partial charge >= 0.3 is 5.97 Å². The second-order valence-corrected chi connectivity index (χ2v) is 6.14. The van der Waals surface area contributed by atoms with Gasteiger partial charge in [-0.2, -0.15) is 0 Å². The van der Waals surface area contributed by atoms with E-state index in [1.54, 1.807) is 11.8 Å². The van der Waals surface area contributed by atoms with Crippen molar-refractivity contribution in [3.05, 3.63) is 35.4 Å². The fourth-order valence-electron chi connectivity index (χ4n) is 2.76. The molecule has 2 rings (SSSR count). The smallest absolute Gasteiger partial charge is 0.310 e. The molecule has 1 aromatic carbocycles. The van der Waals surface area contributed by atoms with E-state index in [0.29, 0.717) is 18.7 Å². The van der Waals surface area contributed by atoms with Crippen LogP contribution in [0.25, 0.3) is 0 Å². The molecular formula is C18H25NO4. The van der Waals surface area contributed by atoms with Crippen LogP contribution in [0.2, 0.25) is 0 Å². The summed E-state index contributed by atoms with van der Waals surface area (Å²) in [5.74, 6) is -0.744. The average Bonchev–Trinajstić information content (AvgIpc) is 3.06. The fraction of sp³-hybridized carbons (Fsp3) is 0.556. The van der Waals surface area contributed by atoms with Crippen LogP contribution in [0.3, 0.4) is 0 Å². The summed E-state index contributed by atoms with van der Waals surface area (Å²) in [6.45, 7) is 5.34. The topological polar surface area (TPSA) is 55.8 Å². The lowest BCUT2D eigenvalue weighted by atomic mass is 10.1. The number of hydrogen-bond acceptors (Lipinski definition) is 4. The number of nitrogens with zero attached hydrogens (tertiary/aromatic N) is 1. The molecule has 1 aromatic rings. The van der Waals surface area contributed by atoms with E-state index in [0.717, 1.165) is 25.0 Å². The van der Waals surface area contributed by atoms with Gasteiger partial charge in [-0.3, -0.25) is 9.59 Å². The molecule has 1 aliphatic heterocycles. The third-order valence-corrected chi connectivity index (χ3v) is 4.13. The normalized spacial score (nSPS) is 18.5. The Balaban J connectivity index is 2.12. The molecule has 1 fully saturated rings. The third kappa shape index (κ3) is 4.79. The molecule has 0 aliphatic carbocycles. The Bertz CT molecular complexity index is 534. The molecule has 5 nitrogen and oxygen atoms in total. The highest BCUT2D eigenvalue weighted by Crippen LogP contribution is 2.17. The molecule has 126 valence electrons. The minimum absolute atomic E-state index is 0.0502. The van der Waals surface area contributed by atoms with Gasteiger partial charge in [0.05, 0.1) is 19.1 Å². The maximum atomic E-state index is 12.8. The van der Waals surface area contributed by atoms with E-state index >= 15 is 0 Å². The zero-order valence-electron chi connectivity index (χ0n) is 14.1. The molecule has 0 bridgehead atoms. The highest BCUT2D eigenvalue weighted by atomic mass is 16.5.